The van der Waals surface area contributed by atoms with Gasteiger partial charge in [-0.25, -0.2) is 0 Å². The van der Waals surface area contributed by atoms with Crippen molar-refractivity contribution >= 4 is 61.5 Å². The summed E-state index contributed by atoms with van der Waals surface area (Å²) in [4.78, 5) is 27.0. The number of carbonyl (C=O) groups excluding carboxylic acids is 2. The predicted octanol–water partition coefficient (Wildman–Crippen LogP) is 6.77. The van der Waals surface area contributed by atoms with Gasteiger partial charge in [-0.15, -0.1) is 0 Å². The minimum absolute atomic E-state index is 0.0161. The normalized spacial score (nSPS) is 14.6. The first-order chi connectivity index (χ1) is 19.7. The number of rotatable bonds is 10. The monoisotopic (exact) mass is 609 g/mol. The topological polar surface area (TPSA) is 99.2 Å². The quantitative estimate of drug-likeness (QED) is 0.143. The molecule has 2 amide bonds. The van der Waals surface area contributed by atoms with Crippen molar-refractivity contribution in [3.05, 3.63) is 100 Å². The average Bonchev–Trinajstić information content (AvgIpc) is 3.22. The summed E-state index contributed by atoms with van der Waals surface area (Å²) in [7, 11) is -4.15. The third-order valence-corrected chi connectivity index (χ3v) is 8.47. The average molecular weight is 610 g/mol. The fourth-order valence-corrected chi connectivity index (χ4v) is 6.06. The number of hydrogen-bond acceptors (Lipinski definition) is 8. The lowest BCUT2D eigenvalue weighted by molar-refractivity contribution is -0.123. The molecule has 0 atom stereocenters. The molecule has 1 fully saturated rings. The second-order valence-corrected chi connectivity index (χ2v) is 11.8. The van der Waals surface area contributed by atoms with Crippen molar-refractivity contribution in [3.8, 4) is 17.2 Å². The molecule has 41 heavy (non-hydrogen) atoms. The van der Waals surface area contributed by atoms with E-state index >= 15 is 0 Å². The van der Waals surface area contributed by atoms with Gasteiger partial charge < -0.3 is 13.7 Å². The van der Waals surface area contributed by atoms with Crippen LogP contribution in [0.1, 0.15) is 12.5 Å². The number of amides is 2. The Balaban J connectivity index is 1.29. The first-order valence-electron chi connectivity index (χ1n) is 12.6. The number of ether oxygens (including phenoxy) is 2. The maximum atomic E-state index is 13.0. The van der Waals surface area contributed by atoms with Crippen LogP contribution in [-0.2, 0) is 14.9 Å². The van der Waals surface area contributed by atoms with Gasteiger partial charge in [-0.3, -0.25) is 14.5 Å². The predicted molar refractivity (Wildman–Crippen MR) is 159 cm³/mol. The zero-order chi connectivity index (χ0) is 29.0. The number of carbonyl (C=O) groups is 2. The van der Waals surface area contributed by atoms with Gasteiger partial charge in [0.15, 0.2) is 11.5 Å². The highest BCUT2D eigenvalue weighted by Gasteiger charge is 2.35. The highest BCUT2D eigenvalue weighted by Crippen LogP contribution is 2.36. The highest BCUT2D eigenvalue weighted by atomic mass is 35.5. The molecule has 0 aromatic heterocycles. The SMILES string of the molecule is CCOc1cc(/C=C2\SC(=O)N(CCOc3cccc4ccccc34)C2=O)ccc1OS(=O)(=O)c1ccc(Cl)cc1. The molecule has 0 bridgehead atoms. The molecule has 1 heterocycles. The molecular formula is C30H24ClNO7S2. The van der Waals surface area contributed by atoms with Gasteiger partial charge in [0, 0.05) is 10.4 Å². The number of nitrogens with zero attached hydrogens (tertiary/aromatic N) is 1. The van der Waals surface area contributed by atoms with Gasteiger partial charge in [-0.2, -0.15) is 8.42 Å². The molecule has 1 saturated heterocycles. The van der Waals surface area contributed by atoms with E-state index < -0.39 is 21.3 Å². The molecular weight excluding hydrogens is 586 g/mol. The fourth-order valence-electron chi connectivity index (χ4n) is 4.13. The molecule has 8 nitrogen and oxygen atoms in total. The van der Waals surface area contributed by atoms with Crippen molar-refractivity contribution in [1.82, 2.24) is 4.90 Å². The van der Waals surface area contributed by atoms with Crippen LogP contribution >= 0.6 is 23.4 Å². The zero-order valence-corrected chi connectivity index (χ0v) is 24.2. The van der Waals surface area contributed by atoms with Crippen molar-refractivity contribution in [3.63, 3.8) is 0 Å². The van der Waals surface area contributed by atoms with Gasteiger partial charge in [0.2, 0.25) is 0 Å². The maximum absolute atomic E-state index is 13.0. The summed E-state index contributed by atoms with van der Waals surface area (Å²) >= 11 is 6.68. The summed E-state index contributed by atoms with van der Waals surface area (Å²) in [6, 6.07) is 23.7. The molecule has 5 rings (SSSR count). The Morgan fingerprint density at radius 1 is 0.878 bits per heavy atom. The van der Waals surface area contributed by atoms with Gasteiger partial charge >= 0.3 is 10.1 Å². The first kappa shape index (κ1) is 28.5. The van der Waals surface area contributed by atoms with Crippen LogP contribution in [0.5, 0.6) is 17.2 Å². The Morgan fingerprint density at radius 2 is 1.63 bits per heavy atom. The van der Waals surface area contributed by atoms with Gasteiger partial charge in [0.25, 0.3) is 11.1 Å². The lowest BCUT2D eigenvalue weighted by Crippen LogP contribution is -2.32. The Morgan fingerprint density at radius 3 is 2.41 bits per heavy atom. The largest absolute Gasteiger partial charge is 0.491 e. The Hall–Kier alpha value is -3.99. The summed E-state index contributed by atoms with van der Waals surface area (Å²) in [5.74, 6) is 0.388. The van der Waals surface area contributed by atoms with E-state index in [9.17, 15) is 18.0 Å². The summed E-state index contributed by atoms with van der Waals surface area (Å²) in [6.07, 6.45) is 1.55. The highest BCUT2D eigenvalue weighted by molar-refractivity contribution is 8.18. The summed E-state index contributed by atoms with van der Waals surface area (Å²) in [6.45, 7) is 2.22. The lowest BCUT2D eigenvalue weighted by atomic mass is 10.1. The molecule has 0 N–H and O–H groups in total. The third-order valence-electron chi connectivity index (χ3n) is 6.06. The van der Waals surface area contributed by atoms with Crippen molar-refractivity contribution in [2.45, 2.75) is 11.8 Å². The van der Waals surface area contributed by atoms with E-state index in [2.05, 4.69) is 0 Å². The van der Waals surface area contributed by atoms with E-state index in [0.29, 0.717) is 16.3 Å². The number of thioether (sulfide) groups is 1. The Kier molecular flexibility index (Phi) is 8.53. The van der Waals surface area contributed by atoms with E-state index in [4.69, 9.17) is 25.3 Å². The number of benzene rings is 4. The lowest BCUT2D eigenvalue weighted by Gasteiger charge is -2.14. The second kappa shape index (κ2) is 12.3. The molecule has 1 aliphatic heterocycles. The van der Waals surface area contributed by atoms with Gasteiger partial charge in [0.1, 0.15) is 17.3 Å². The van der Waals surface area contributed by atoms with Crippen LogP contribution in [0.2, 0.25) is 5.02 Å². The standard InChI is InChI=1S/C30H24ClNO7S2/c1-2-37-27-18-20(10-15-26(27)39-41(35,36)23-13-11-22(31)12-14-23)19-28-29(33)32(30(34)40-28)16-17-38-25-9-5-7-21-6-3-4-8-24(21)25/h3-15,18-19H,2,16-17H2,1H3/b28-19-. The molecule has 0 aliphatic carbocycles. The van der Waals surface area contributed by atoms with E-state index in [-0.39, 0.29) is 41.1 Å². The number of hydrogen-bond donors (Lipinski definition) is 0. The third kappa shape index (κ3) is 6.51. The number of halogens is 1. The van der Waals surface area contributed by atoms with Crippen LogP contribution in [0, 0.1) is 0 Å². The molecule has 0 spiro atoms. The fraction of sp³-hybridized carbons (Fsp3) is 0.133. The van der Waals surface area contributed by atoms with Crippen LogP contribution in [0.3, 0.4) is 0 Å². The van der Waals surface area contributed by atoms with Gasteiger partial charge in [-0.1, -0.05) is 54.1 Å². The van der Waals surface area contributed by atoms with E-state index in [1.807, 2.05) is 42.5 Å². The second-order valence-electron chi connectivity index (χ2n) is 8.79. The van der Waals surface area contributed by atoms with E-state index in [0.717, 1.165) is 27.4 Å². The molecule has 0 radical (unpaired) electrons. The first-order valence-corrected chi connectivity index (χ1v) is 15.2. The minimum Gasteiger partial charge on any atom is -0.491 e. The van der Waals surface area contributed by atoms with E-state index in [1.165, 1.54) is 30.3 Å². The molecule has 1 aliphatic rings. The van der Waals surface area contributed by atoms with Gasteiger partial charge in [-0.05, 0) is 78.2 Å². The Bertz CT molecular complexity index is 1750. The minimum atomic E-state index is -4.15. The van der Waals surface area contributed by atoms with E-state index in [1.54, 1.807) is 25.1 Å². The van der Waals surface area contributed by atoms with Crippen LogP contribution in [0.25, 0.3) is 16.8 Å². The van der Waals surface area contributed by atoms with Crippen LogP contribution in [-0.4, -0.2) is 44.2 Å². The Labute approximate surface area is 246 Å². The number of fused-ring (bicyclic) bond motifs is 1. The number of imide groups is 1. The zero-order valence-electron chi connectivity index (χ0n) is 21.8. The van der Waals surface area contributed by atoms with Crippen molar-refractivity contribution in [1.29, 1.82) is 0 Å². The smallest absolute Gasteiger partial charge is 0.339 e. The molecule has 210 valence electrons. The summed E-state index contributed by atoms with van der Waals surface area (Å²) in [5.41, 5.74) is 0.530. The van der Waals surface area contributed by atoms with Gasteiger partial charge in [0.05, 0.1) is 18.1 Å². The molecule has 4 aromatic carbocycles. The van der Waals surface area contributed by atoms with Crippen molar-refractivity contribution < 1.29 is 31.7 Å². The van der Waals surface area contributed by atoms with Crippen LogP contribution in [0.4, 0.5) is 4.79 Å². The molecule has 4 aromatic rings. The van der Waals surface area contributed by atoms with Crippen molar-refractivity contribution in [2.24, 2.45) is 0 Å². The van der Waals surface area contributed by atoms with Crippen LogP contribution in [0.15, 0.2) is 94.7 Å². The van der Waals surface area contributed by atoms with Crippen molar-refractivity contribution in [2.75, 3.05) is 19.8 Å². The van der Waals surface area contributed by atoms with Crippen LogP contribution < -0.4 is 13.7 Å². The summed E-state index contributed by atoms with van der Waals surface area (Å²) < 4.78 is 42.4. The molecule has 0 saturated carbocycles. The molecule has 0 unspecified atom stereocenters. The summed E-state index contributed by atoms with van der Waals surface area (Å²) in [5, 5.41) is 1.97. The molecule has 11 heteroatoms. The maximum Gasteiger partial charge on any atom is 0.339 e.